The molecule has 0 amide bonds. The Bertz CT molecular complexity index is 103. The number of ether oxygens (including phenoxy) is 1. The van der Waals surface area contributed by atoms with E-state index in [2.05, 4.69) is 6.58 Å². The fourth-order valence-corrected chi connectivity index (χ4v) is 1.27. The average Bonchev–Trinajstić information content (AvgIpc) is 2.18. The van der Waals surface area contributed by atoms with Crippen molar-refractivity contribution in [1.82, 2.24) is 0 Å². The van der Waals surface area contributed by atoms with Gasteiger partial charge in [0.1, 0.15) is 0 Å². The Hall–Kier alpha value is -0.0100. The third kappa shape index (κ3) is 1.70. The zero-order valence-corrected chi connectivity index (χ0v) is 6.10. The van der Waals surface area contributed by atoms with E-state index in [-0.39, 0.29) is 11.5 Å². The summed E-state index contributed by atoms with van der Waals surface area (Å²) in [6, 6.07) is 0. The lowest BCUT2D eigenvalue weighted by atomic mass is 10.2. The summed E-state index contributed by atoms with van der Waals surface area (Å²) >= 11 is 5.88. The molecule has 2 heteroatoms. The number of hydrogen-bond donors (Lipinski definition) is 0. The molecule has 1 fully saturated rings. The molecule has 0 radical (unpaired) electrons. The number of alkyl halides is 1. The van der Waals surface area contributed by atoms with Gasteiger partial charge in [0, 0.05) is 6.61 Å². The molecule has 0 saturated carbocycles. The van der Waals surface area contributed by atoms with Gasteiger partial charge in [-0.05, 0) is 12.8 Å². The second kappa shape index (κ2) is 3.23. The van der Waals surface area contributed by atoms with Crippen LogP contribution < -0.4 is 0 Å². The topological polar surface area (TPSA) is 9.23 Å². The summed E-state index contributed by atoms with van der Waals surface area (Å²) in [4.78, 5) is 0. The molecule has 1 rings (SSSR count). The van der Waals surface area contributed by atoms with Crippen LogP contribution in [0.25, 0.3) is 0 Å². The second-order valence-corrected chi connectivity index (χ2v) is 2.80. The molecule has 1 aliphatic rings. The number of rotatable bonds is 2. The van der Waals surface area contributed by atoms with Gasteiger partial charge in [-0.3, -0.25) is 0 Å². The molecule has 9 heavy (non-hydrogen) atoms. The van der Waals surface area contributed by atoms with Gasteiger partial charge in [-0.2, -0.15) is 0 Å². The first kappa shape index (κ1) is 7.10. The highest BCUT2D eigenvalue weighted by Gasteiger charge is 2.24. The second-order valence-electron chi connectivity index (χ2n) is 2.24. The summed E-state index contributed by atoms with van der Waals surface area (Å²) in [6.45, 7) is 4.43. The molecule has 0 bridgehead atoms. The van der Waals surface area contributed by atoms with Gasteiger partial charge in [0.15, 0.2) is 0 Å². The van der Waals surface area contributed by atoms with Crippen LogP contribution in [0.2, 0.25) is 0 Å². The summed E-state index contributed by atoms with van der Waals surface area (Å²) < 4.78 is 5.30. The highest BCUT2D eigenvalue weighted by atomic mass is 35.5. The van der Waals surface area contributed by atoms with E-state index in [9.17, 15) is 0 Å². The molecule has 1 heterocycles. The maximum Gasteiger partial charge on any atom is 0.0773 e. The van der Waals surface area contributed by atoms with E-state index in [0.29, 0.717) is 0 Å². The van der Waals surface area contributed by atoms with Crippen molar-refractivity contribution in [2.75, 3.05) is 6.61 Å². The van der Waals surface area contributed by atoms with Gasteiger partial charge >= 0.3 is 0 Å². The first-order chi connectivity index (χ1) is 4.34. The maximum atomic E-state index is 5.88. The van der Waals surface area contributed by atoms with Crippen molar-refractivity contribution in [3.63, 3.8) is 0 Å². The fourth-order valence-electron chi connectivity index (χ4n) is 1.00. The average molecular weight is 147 g/mol. The Kier molecular flexibility index (Phi) is 2.55. The standard InChI is InChI=1S/C7H11ClO/c1-2-3-7-6(8)4-5-9-7/h2,6-7H,1,3-5H2/t6-,7-/m0/s1. The summed E-state index contributed by atoms with van der Waals surface area (Å²) in [6.07, 6.45) is 3.95. The van der Waals surface area contributed by atoms with Crippen LogP contribution in [0, 0.1) is 0 Å². The molecule has 0 spiro atoms. The van der Waals surface area contributed by atoms with Crippen LogP contribution in [0.1, 0.15) is 12.8 Å². The van der Waals surface area contributed by atoms with Crippen LogP contribution in [0.15, 0.2) is 12.7 Å². The van der Waals surface area contributed by atoms with Crippen molar-refractivity contribution in [3.05, 3.63) is 12.7 Å². The Labute approximate surface area is 60.7 Å². The van der Waals surface area contributed by atoms with E-state index in [4.69, 9.17) is 16.3 Å². The Morgan fingerprint density at radius 2 is 2.56 bits per heavy atom. The van der Waals surface area contributed by atoms with Crippen molar-refractivity contribution in [2.24, 2.45) is 0 Å². The maximum absolute atomic E-state index is 5.88. The lowest BCUT2D eigenvalue weighted by molar-refractivity contribution is 0.115. The van der Waals surface area contributed by atoms with Crippen molar-refractivity contribution in [3.8, 4) is 0 Å². The summed E-state index contributed by atoms with van der Waals surface area (Å²) in [5.41, 5.74) is 0. The van der Waals surface area contributed by atoms with Gasteiger partial charge in [0.2, 0.25) is 0 Å². The fraction of sp³-hybridized carbons (Fsp3) is 0.714. The number of hydrogen-bond acceptors (Lipinski definition) is 1. The van der Waals surface area contributed by atoms with Crippen LogP contribution in [0.3, 0.4) is 0 Å². The van der Waals surface area contributed by atoms with Gasteiger partial charge in [0.25, 0.3) is 0 Å². The van der Waals surface area contributed by atoms with E-state index in [1.165, 1.54) is 0 Å². The van der Waals surface area contributed by atoms with Crippen LogP contribution in [0.4, 0.5) is 0 Å². The minimum atomic E-state index is 0.211. The van der Waals surface area contributed by atoms with E-state index in [0.717, 1.165) is 19.4 Å². The quantitative estimate of drug-likeness (QED) is 0.428. The van der Waals surface area contributed by atoms with Gasteiger partial charge in [0.05, 0.1) is 11.5 Å². The normalized spacial score (nSPS) is 34.8. The molecule has 0 aromatic carbocycles. The lowest BCUT2D eigenvalue weighted by Gasteiger charge is -2.08. The first-order valence-electron chi connectivity index (χ1n) is 3.21. The Morgan fingerprint density at radius 1 is 1.78 bits per heavy atom. The van der Waals surface area contributed by atoms with E-state index < -0.39 is 0 Å². The van der Waals surface area contributed by atoms with E-state index in [1.807, 2.05) is 6.08 Å². The lowest BCUT2D eigenvalue weighted by Crippen LogP contribution is -2.13. The highest BCUT2D eigenvalue weighted by molar-refractivity contribution is 6.21. The molecule has 0 N–H and O–H groups in total. The van der Waals surface area contributed by atoms with Crippen molar-refractivity contribution < 1.29 is 4.74 Å². The molecule has 0 aromatic rings. The molecular formula is C7H11ClO. The van der Waals surface area contributed by atoms with Crippen LogP contribution >= 0.6 is 11.6 Å². The summed E-state index contributed by atoms with van der Waals surface area (Å²) in [7, 11) is 0. The molecule has 0 aromatic heterocycles. The Morgan fingerprint density at radius 3 is 3.00 bits per heavy atom. The minimum Gasteiger partial charge on any atom is -0.376 e. The minimum absolute atomic E-state index is 0.211. The molecule has 1 aliphatic heterocycles. The van der Waals surface area contributed by atoms with Crippen molar-refractivity contribution >= 4 is 11.6 Å². The third-order valence-electron chi connectivity index (χ3n) is 1.53. The number of halogens is 1. The first-order valence-corrected chi connectivity index (χ1v) is 3.65. The molecular weight excluding hydrogens is 136 g/mol. The largest absolute Gasteiger partial charge is 0.376 e. The predicted molar refractivity (Wildman–Crippen MR) is 38.8 cm³/mol. The van der Waals surface area contributed by atoms with Crippen LogP contribution in [0.5, 0.6) is 0 Å². The summed E-state index contributed by atoms with van der Waals surface area (Å²) in [5, 5.41) is 0.211. The van der Waals surface area contributed by atoms with Gasteiger partial charge in [-0.1, -0.05) is 6.08 Å². The zero-order valence-electron chi connectivity index (χ0n) is 5.35. The highest BCUT2D eigenvalue weighted by Crippen LogP contribution is 2.21. The predicted octanol–water partition coefficient (Wildman–Crippen LogP) is 1.96. The molecule has 0 aliphatic carbocycles. The van der Waals surface area contributed by atoms with E-state index >= 15 is 0 Å². The van der Waals surface area contributed by atoms with Gasteiger partial charge in [-0.25, -0.2) is 0 Å². The zero-order chi connectivity index (χ0) is 6.69. The van der Waals surface area contributed by atoms with Crippen molar-refractivity contribution in [1.29, 1.82) is 0 Å². The molecule has 52 valence electrons. The van der Waals surface area contributed by atoms with E-state index in [1.54, 1.807) is 0 Å². The smallest absolute Gasteiger partial charge is 0.0773 e. The molecule has 2 atom stereocenters. The van der Waals surface area contributed by atoms with Gasteiger partial charge < -0.3 is 4.74 Å². The Balaban J connectivity index is 2.30. The molecule has 0 unspecified atom stereocenters. The summed E-state index contributed by atoms with van der Waals surface area (Å²) in [5.74, 6) is 0. The monoisotopic (exact) mass is 146 g/mol. The SMILES string of the molecule is C=CC[C@@H]1OCC[C@@H]1Cl. The van der Waals surface area contributed by atoms with Crippen LogP contribution in [-0.4, -0.2) is 18.1 Å². The third-order valence-corrected chi connectivity index (χ3v) is 2.03. The van der Waals surface area contributed by atoms with Gasteiger partial charge in [-0.15, -0.1) is 18.2 Å². The van der Waals surface area contributed by atoms with Crippen LogP contribution in [-0.2, 0) is 4.74 Å². The molecule has 1 saturated heterocycles. The van der Waals surface area contributed by atoms with Crippen molar-refractivity contribution in [2.45, 2.75) is 24.3 Å². The molecule has 1 nitrogen and oxygen atoms in total.